The number of hydrogen-bond acceptors (Lipinski definition) is 6. The Kier molecular flexibility index (Phi) is 4.84. The summed E-state index contributed by atoms with van der Waals surface area (Å²) in [4.78, 5) is 26.9. The molecule has 0 radical (unpaired) electrons. The molecule has 1 amide bonds. The minimum absolute atomic E-state index is 0.00828. The number of rotatable bonds is 3. The van der Waals surface area contributed by atoms with Gasteiger partial charge in [-0.15, -0.1) is 0 Å². The van der Waals surface area contributed by atoms with Crippen LogP contribution in [0.15, 0.2) is 30.6 Å². The zero-order valence-corrected chi connectivity index (χ0v) is 15.3. The van der Waals surface area contributed by atoms with Crippen molar-refractivity contribution in [2.45, 2.75) is 12.5 Å². The Hall–Kier alpha value is -2.45. The molecule has 142 valence electrons. The maximum absolute atomic E-state index is 13.7. The summed E-state index contributed by atoms with van der Waals surface area (Å²) in [7, 11) is 0. The van der Waals surface area contributed by atoms with Crippen LogP contribution in [0.3, 0.4) is 0 Å². The van der Waals surface area contributed by atoms with Gasteiger partial charge < -0.3 is 14.9 Å². The summed E-state index contributed by atoms with van der Waals surface area (Å²) >= 11 is 5.73. The third-order valence-electron chi connectivity index (χ3n) is 5.05. The van der Waals surface area contributed by atoms with E-state index in [9.17, 15) is 14.3 Å². The predicted molar refractivity (Wildman–Crippen MR) is 99.7 cm³/mol. The molecule has 2 aliphatic rings. The van der Waals surface area contributed by atoms with Crippen molar-refractivity contribution in [2.24, 2.45) is 0 Å². The molecule has 7 nitrogen and oxygen atoms in total. The van der Waals surface area contributed by atoms with Gasteiger partial charge in [-0.3, -0.25) is 9.69 Å². The molecule has 0 saturated carbocycles. The molecule has 1 aromatic heterocycles. The van der Waals surface area contributed by atoms with Crippen molar-refractivity contribution in [1.82, 2.24) is 14.9 Å². The first-order valence-corrected chi connectivity index (χ1v) is 9.17. The van der Waals surface area contributed by atoms with Gasteiger partial charge in [-0.2, -0.15) is 0 Å². The Bertz CT molecular complexity index is 842. The fraction of sp³-hybridized carbons (Fsp3) is 0.389. The molecule has 9 heteroatoms. The first-order valence-electron chi connectivity index (χ1n) is 8.79. The Morgan fingerprint density at radius 2 is 1.81 bits per heavy atom. The monoisotopic (exact) mass is 391 g/mol. The van der Waals surface area contributed by atoms with Crippen LogP contribution in [-0.2, 0) is 4.79 Å². The third kappa shape index (κ3) is 3.54. The molecular formula is C18H19ClFN5O2. The summed E-state index contributed by atoms with van der Waals surface area (Å²) < 4.78 is 13.7. The third-order valence-corrected chi connectivity index (χ3v) is 5.36. The van der Waals surface area contributed by atoms with Gasteiger partial charge in [0.2, 0.25) is 11.9 Å². The van der Waals surface area contributed by atoms with Crippen LogP contribution in [0.25, 0.3) is 0 Å². The van der Waals surface area contributed by atoms with Gasteiger partial charge in [0, 0.05) is 38.4 Å². The van der Waals surface area contributed by atoms with E-state index in [1.54, 1.807) is 11.0 Å². The zero-order valence-electron chi connectivity index (χ0n) is 14.6. The highest BCUT2D eigenvalue weighted by molar-refractivity contribution is 6.30. The number of anilines is 2. The Morgan fingerprint density at radius 3 is 2.48 bits per heavy atom. The molecule has 2 aromatic rings. The van der Waals surface area contributed by atoms with Crippen molar-refractivity contribution in [3.05, 3.63) is 41.4 Å². The number of hydrogen-bond donors (Lipinski definition) is 1. The summed E-state index contributed by atoms with van der Waals surface area (Å²) in [6.45, 7) is 3.38. The van der Waals surface area contributed by atoms with Gasteiger partial charge in [0.25, 0.3) is 0 Å². The van der Waals surface area contributed by atoms with E-state index >= 15 is 0 Å². The predicted octanol–water partition coefficient (Wildman–Crippen LogP) is 1.90. The Balaban J connectivity index is 1.39. The topological polar surface area (TPSA) is 72.8 Å². The SMILES string of the molecule is O=C1C(N2CCN(c3ncc(O)cn3)CC2)CCN1c1ccc(Cl)c(F)c1. The van der Waals surface area contributed by atoms with Gasteiger partial charge >= 0.3 is 0 Å². The largest absolute Gasteiger partial charge is 0.505 e. The van der Waals surface area contributed by atoms with Gasteiger partial charge in [-0.1, -0.05) is 11.6 Å². The molecule has 27 heavy (non-hydrogen) atoms. The van der Waals surface area contributed by atoms with Crippen molar-refractivity contribution in [3.8, 4) is 5.75 Å². The summed E-state index contributed by atoms with van der Waals surface area (Å²) in [5.41, 5.74) is 0.542. The van der Waals surface area contributed by atoms with Gasteiger partial charge in [0.15, 0.2) is 5.75 Å². The van der Waals surface area contributed by atoms with Crippen molar-refractivity contribution < 1.29 is 14.3 Å². The van der Waals surface area contributed by atoms with Crippen molar-refractivity contribution in [3.63, 3.8) is 0 Å². The van der Waals surface area contributed by atoms with E-state index in [2.05, 4.69) is 14.9 Å². The van der Waals surface area contributed by atoms with E-state index in [1.165, 1.54) is 24.5 Å². The minimum Gasteiger partial charge on any atom is -0.505 e. The van der Waals surface area contributed by atoms with E-state index in [1.807, 2.05) is 4.90 Å². The number of aromatic nitrogens is 2. The second-order valence-corrected chi connectivity index (χ2v) is 7.06. The second-order valence-electron chi connectivity index (χ2n) is 6.66. The molecule has 2 saturated heterocycles. The number of piperazine rings is 1. The second kappa shape index (κ2) is 7.28. The quantitative estimate of drug-likeness (QED) is 0.861. The lowest BCUT2D eigenvalue weighted by Crippen LogP contribution is -2.53. The lowest BCUT2D eigenvalue weighted by Gasteiger charge is -2.37. The number of nitrogens with zero attached hydrogens (tertiary/aromatic N) is 5. The van der Waals surface area contributed by atoms with Gasteiger partial charge in [-0.05, 0) is 24.6 Å². The van der Waals surface area contributed by atoms with E-state index < -0.39 is 5.82 Å². The lowest BCUT2D eigenvalue weighted by atomic mass is 10.2. The number of benzene rings is 1. The highest BCUT2D eigenvalue weighted by Crippen LogP contribution is 2.28. The highest BCUT2D eigenvalue weighted by atomic mass is 35.5. The standard InChI is InChI=1S/C18H19ClFN5O2/c19-14-2-1-12(9-15(14)20)25-4-3-16(17(25)27)23-5-7-24(8-6-23)18-21-10-13(26)11-22-18/h1-2,9-11,16,26H,3-8H2. The summed E-state index contributed by atoms with van der Waals surface area (Å²) in [6, 6.07) is 4.25. The number of carbonyl (C=O) groups is 1. The summed E-state index contributed by atoms with van der Waals surface area (Å²) in [5, 5.41) is 9.35. The van der Waals surface area contributed by atoms with Crippen LogP contribution in [0, 0.1) is 5.82 Å². The highest BCUT2D eigenvalue weighted by Gasteiger charge is 2.38. The first-order chi connectivity index (χ1) is 13.0. The Labute approximate surface area is 161 Å². The normalized spacial score (nSPS) is 21.1. The fourth-order valence-corrected chi connectivity index (χ4v) is 3.74. The van der Waals surface area contributed by atoms with Gasteiger partial charge in [0.05, 0.1) is 23.5 Å². The molecule has 4 rings (SSSR count). The molecule has 2 aliphatic heterocycles. The number of halogens is 2. The average Bonchev–Trinajstić information content (AvgIpc) is 3.06. The fourth-order valence-electron chi connectivity index (χ4n) is 3.62. The van der Waals surface area contributed by atoms with Crippen LogP contribution in [0.1, 0.15) is 6.42 Å². The van der Waals surface area contributed by atoms with E-state index in [0.29, 0.717) is 50.8 Å². The maximum atomic E-state index is 13.7. The van der Waals surface area contributed by atoms with Crippen LogP contribution >= 0.6 is 11.6 Å². The molecule has 1 unspecified atom stereocenters. The van der Waals surface area contributed by atoms with Gasteiger partial charge in [-0.25, -0.2) is 14.4 Å². The van der Waals surface area contributed by atoms with E-state index in [-0.39, 0.29) is 22.7 Å². The summed E-state index contributed by atoms with van der Waals surface area (Å²) in [5.74, 6) is 0.0788. The Morgan fingerprint density at radius 1 is 1.11 bits per heavy atom. The maximum Gasteiger partial charge on any atom is 0.244 e. The smallest absolute Gasteiger partial charge is 0.244 e. The number of carbonyl (C=O) groups excluding carboxylic acids is 1. The van der Waals surface area contributed by atoms with Crippen LogP contribution in [-0.4, -0.2) is 64.6 Å². The van der Waals surface area contributed by atoms with E-state index in [4.69, 9.17) is 11.6 Å². The zero-order chi connectivity index (χ0) is 19.0. The molecule has 1 aromatic carbocycles. The average molecular weight is 392 g/mol. The van der Waals surface area contributed by atoms with Crippen molar-refractivity contribution in [2.75, 3.05) is 42.5 Å². The van der Waals surface area contributed by atoms with Crippen LogP contribution in [0.2, 0.25) is 5.02 Å². The lowest BCUT2D eigenvalue weighted by molar-refractivity contribution is -0.121. The van der Waals surface area contributed by atoms with Crippen molar-refractivity contribution >= 4 is 29.1 Å². The van der Waals surface area contributed by atoms with Crippen LogP contribution in [0.5, 0.6) is 5.75 Å². The molecule has 2 fully saturated rings. The molecule has 1 N–H and O–H groups in total. The molecule has 0 aliphatic carbocycles. The number of amides is 1. The molecule has 1 atom stereocenters. The van der Waals surface area contributed by atoms with Gasteiger partial charge in [0.1, 0.15) is 5.82 Å². The molecule has 0 spiro atoms. The molecule has 0 bridgehead atoms. The minimum atomic E-state index is -0.520. The van der Waals surface area contributed by atoms with Crippen LogP contribution < -0.4 is 9.80 Å². The summed E-state index contributed by atoms with van der Waals surface area (Å²) in [6.07, 6.45) is 3.45. The van der Waals surface area contributed by atoms with E-state index in [0.717, 1.165) is 0 Å². The number of aromatic hydroxyl groups is 1. The van der Waals surface area contributed by atoms with Crippen molar-refractivity contribution in [1.29, 1.82) is 0 Å². The molecular weight excluding hydrogens is 373 g/mol. The first kappa shape index (κ1) is 17.9. The molecule has 3 heterocycles. The van der Waals surface area contributed by atoms with Crippen LogP contribution in [0.4, 0.5) is 16.0 Å².